The molecule has 1 aromatic heterocycles. The second-order valence-corrected chi connectivity index (χ2v) is 6.71. The minimum atomic E-state index is -3.41. The van der Waals surface area contributed by atoms with Crippen LogP contribution < -0.4 is 4.72 Å². The summed E-state index contributed by atoms with van der Waals surface area (Å²) in [5.74, 6) is 0. The van der Waals surface area contributed by atoms with E-state index < -0.39 is 10.0 Å². The number of sulfonamides is 1. The average Bonchev–Trinajstić information content (AvgIpc) is 2.81. The first-order chi connectivity index (χ1) is 7.58. The molecule has 0 radical (unpaired) electrons. The standard InChI is InChI=1S/C9H14BrN3O2S/c10-4-3-9(1-2-9)6-13-16(14,15)8-5-11-7-12-8/h5,7,13H,1-4,6H2,(H,11,12). The number of H-pyrrole nitrogens is 1. The quantitative estimate of drug-likeness (QED) is 0.777. The Balaban J connectivity index is 1.96. The molecule has 16 heavy (non-hydrogen) atoms. The molecule has 0 bridgehead atoms. The molecule has 1 aliphatic carbocycles. The van der Waals surface area contributed by atoms with Crippen LogP contribution in [-0.2, 0) is 10.0 Å². The number of imidazole rings is 1. The predicted molar refractivity (Wildman–Crippen MR) is 63.9 cm³/mol. The van der Waals surface area contributed by atoms with Crippen molar-refractivity contribution in [3.63, 3.8) is 0 Å². The lowest BCUT2D eigenvalue weighted by Gasteiger charge is -2.13. The molecule has 0 aromatic carbocycles. The molecule has 0 aliphatic heterocycles. The van der Waals surface area contributed by atoms with Crippen molar-refractivity contribution < 1.29 is 8.42 Å². The van der Waals surface area contributed by atoms with Crippen LogP contribution in [0.4, 0.5) is 0 Å². The van der Waals surface area contributed by atoms with Crippen molar-refractivity contribution in [2.75, 3.05) is 11.9 Å². The Morgan fingerprint density at radius 3 is 2.81 bits per heavy atom. The van der Waals surface area contributed by atoms with Crippen molar-refractivity contribution in [2.24, 2.45) is 5.41 Å². The number of alkyl halides is 1. The Labute approximate surface area is 103 Å². The summed E-state index contributed by atoms with van der Waals surface area (Å²) in [6.45, 7) is 0.514. The molecule has 1 saturated carbocycles. The summed E-state index contributed by atoms with van der Waals surface area (Å²) in [5, 5.41) is 1.04. The van der Waals surface area contributed by atoms with Crippen molar-refractivity contribution >= 4 is 26.0 Å². The molecule has 5 nitrogen and oxygen atoms in total. The highest BCUT2D eigenvalue weighted by atomic mass is 79.9. The Hall–Kier alpha value is -0.400. The molecule has 1 heterocycles. The number of rotatable bonds is 6. The minimum Gasteiger partial charge on any atom is -0.335 e. The van der Waals surface area contributed by atoms with E-state index in [9.17, 15) is 8.42 Å². The normalized spacial score (nSPS) is 18.6. The van der Waals surface area contributed by atoms with Gasteiger partial charge in [-0.15, -0.1) is 0 Å². The van der Waals surface area contributed by atoms with E-state index in [1.807, 2.05) is 0 Å². The molecule has 1 aromatic rings. The van der Waals surface area contributed by atoms with E-state index in [-0.39, 0.29) is 10.4 Å². The second kappa shape index (κ2) is 4.46. The van der Waals surface area contributed by atoms with Crippen molar-refractivity contribution in [3.8, 4) is 0 Å². The van der Waals surface area contributed by atoms with Gasteiger partial charge in [-0.1, -0.05) is 15.9 Å². The van der Waals surface area contributed by atoms with Crippen LogP contribution in [0.25, 0.3) is 0 Å². The Morgan fingerprint density at radius 1 is 1.56 bits per heavy atom. The number of hydrogen-bond acceptors (Lipinski definition) is 3. The van der Waals surface area contributed by atoms with Gasteiger partial charge in [-0.25, -0.2) is 18.1 Å². The number of aromatic amines is 1. The molecule has 7 heteroatoms. The zero-order valence-corrected chi connectivity index (χ0v) is 11.1. The van der Waals surface area contributed by atoms with Gasteiger partial charge in [-0.05, 0) is 24.7 Å². The van der Waals surface area contributed by atoms with Gasteiger partial charge in [0, 0.05) is 11.9 Å². The zero-order chi connectivity index (χ0) is 11.6. The van der Waals surface area contributed by atoms with Crippen LogP contribution in [0.1, 0.15) is 19.3 Å². The highest BCUT2D eigenvalue weighted by molar-refractivity contribution is 9.09. The molecule has 0 spiro atoms. The highest BCUT2D eigenvalue weighted by Crippen LogP contribution is 2.48. The second-order valence-electron chi connectivity index (χ2n) is 4.18. The van der Waals surface area contributed by atoms with E-state index in [0.29, 0.717) is 6.54 Å². The zero-order valence-electron chi connectivity index (χ0n) is 8.74. The Morgan fingerprint density at radius 2 is 2.31 bits per heavy atom. The average molecular weight is 308 g/mol. The minimum absolute atomic E-state index is 0.127. The third-order valence-electron chi connectivity index (χ3n) is 2.98. The molecule has 0 amide bonds. The van der Waals surface area contributed by atoms with Crippen LogP contribution in [0.3, 0.4) is 0 Å². The van der Waals surface area contributed by atoms with Crippen LogP contribution in [0, 0.1) is 5.41 Å². The van der Waals surface area contributed by atoms with Gasteiger partial charge in [0.05, 0.1) is 12.5 Å². The van der Waals surface area contributed by atoms with Gasteiger partial charge in [0.2, 0.25) is 0 Å². The first kappa shape index (κ1) is 12.1. The monoisotopic (exact) mass is 307 g/mol. The topological polar surface area (TPSA) is 74.8 Å². The van der Waals surface area contributed by atoms with Crippen LogP contribution in [0.2, 0.25) is 0 Å². The van der Waals surface area contributed by atoms with Gasteiger partial charge in [-0.3, -0.25) is 0 Å². The van der Waals surface area contributed by atoms with E-state index in [1.165, 1.54) is 12.5 Å². The summed E-state index contributed by atoms with van der Waals surface area (Å²) in [6, 6.07) is 0. The van der Waals surface area contributed by atoms with Gasteiger partial charge in [0.1, 0.15) is 0 Å². The fraction of sp³-hybridized carbons (Fsp3) is 0.667. The molecule has 1 fully saturated rings. The van der Waals surface area contributed by atoms with Crippen molar-refractivity contribution in [3.05, 3.63) is 12.5 Å². The molecule has 1 aliphatic rings. The molecular weight excluding hydrogens is 294 g/mol. The molecule has 2 rings (SSSR count). The smallest absolute Gasteiger partial charge is 0.257 e. The van der Waals surface area contributed by atoms with E-state index in [4.69, 9.17) is 0 Å². The molecule has 0 saturated heterocycles. The number of hydrogen-bond donors (Lipinski definition) is 2. The van der Waals surface area contributed by atoms with E-state index in [1.54, 1.807) is 0 Å². The highest BCUT2D eigenvalue weighted by Gasteiger charge is 2.42. The lowest BCUT2D eigenvalue weighted by atomic mass is 10.1. The molecule has 0 atom stereocenters. The lowest BCUT2D eigenvalue weighted by molar-refractivity contribution is 0.479. The molecule has 0 unspecified atom stereocenters. The summed E-state index contributed by atoms with van der Waals surface area (Å²) < 4.78 is 26.2. The van der Waals surface area contributed by atoms with E-state index in [0.717, 1.165) is 24.6 Å². The number of nitrogens with one attached hydrogen (secondary N) is 2. The lowest BCUT2D eigenvalue weighted by Crippen LogP contribution is -2.30. The van der Waals surface area contributed by atoms with Crippen LogP contribution >= 0.6 is 15.9 Å². The van der Waals surface area contributed by atoms with Gasteiger partial charge >= 0.3 is 0 Å². The fourth-order valence-electron chi connectivity index (χ4n) is 1.61. The van der Waals surface area contributed by atoms with Gasteiger partial charge < -0.3 is 4.98 Å². The Kier molecular flexibility index (Phi) is 3.37. The molecule has 90 valence electrons. The summed E-state index contributed by atoms with van der Waals surface area (Å²) in [6.07, 6.45) is 5.89. The van der Waals surface area contributed by atoms with Crippen LogP contribution in [0.15, 0.2) is 17.6 Å². The summed E-state index contributed by atoms with van der Waals surface area (Å²) in [5.41, 5.74) is 0.177. The first-order valence-corrected chi connectivity index (χ1v) is 7.72. The van der Waals surface area contributed by atoms with E-state index in [2.05, 4.69) is 30.6 Å². The van der Waals surface area contributed by atoms with Crippen molar-refractivity contribution in [2.45, 2.75) is 24.3 Å². The maximum Gasteiger partial charge on any atom is 0.257 e. The maximum absolute atomic E-state index is 11.8. The third kappa shape index (κ3) is 2.64. The van der Waals surface area contributed by atoms with Crippen LogP contribution in [-0.4, -0.2) is 30.3 Å². The molecular formula is C9H14BrN3O2S. The van der Waals surface area contributed by atoms with E-state index >= 15 is 0 Å². The number of aromatic nitrogens is 2. The van der Waals surface area contributed by atoms with Gasteiger partial charge in [0.15, 0.2) is 5.03 Å². The largest absolute Gasteiger partial charge is 0.335 e. The first-order valence-electron chi connectivity index (χ1n) is 5.12. The maximum atomic E-state index is 11.8. The molecule has 2 N–H and O–H groups in total. The summed E-state index contributed by atoms with van der Waals surface area (Å²) in [7, 11) is -3.41. The Bertz CT molecular complexity index is 439. The number of nitrogens with zero attached hydrogens (tertiary/aromatic N) is 1. The number of halogens is 1. The van der Waals surface area contributed by atoms with Gasteiger partial charge in [-0.2, -0.15) is 0 Å². The van der Waals surface area contributed by atoms with Crippen molar-refractivity contribution in [1.29, 1.82) is 0 Å². The van der Waals surface area contributed by atoms with Crippen molar-refractivity contribution in [1.82, 2.24) is 14.7 Å². The predicted octanol–water partition coefficient (Wildman–Crippen LogP) is 1.25. The third-order valence-corrected chi connectivity index (χ3v) is 4.70. The summed E-state index contributed by atoms with van der Waals surface area (Å²) in [4.78, 5) is 6.30. The van der Waals surface area contributed by atoms with Crippen LogP contribution in [0.5, 0.6) is 0 Å². The SMILES string of the molecule is O=S(=O)(NCC1(CCBr)CC1)c1cnc[nH]1. The van der Waals surface area contributed by atoms with Gasteiger partial charge in [0.25, 0.3) is 10.0 Å². The fourth-order valence-corrected chi connectivity index (χ4v) is 3.51. The summed E-state index contributed by atoms with van der Waals surface area (Å²) >= 11 is 3.39.